The molecule has 0 spiro atoms. The van der Waals surface area contributed by atoms with Crippen molar-refractivity contribution in [1.82, 2.24) is 10.2 Å². The molecule has 1 N–H and O–H groups in total. The molecular weight excluding hydrogens is 528 g/mol. The maximum atomic E-state index is 13.7. The zero-order chi connectivity index (χ0) is 26.8. The molecule has 0 bridgehead atoms. The van der Waals surface area contributed by atoms with Gasteiger partial charge in [0.2, 0.25) is 5.91 Å². The molecule has 3 rings (SSSR count). The molecule has 0 aliphatic rings. The maximum absolute atomic E-state index is 13.7. The fourth-order valence-electron chi connectivity index (χ4n) is 4.01. The van der Waals surface area contributed by atoms with E-state index >= 15 is 0 Å². The van der Waals surface area contributed by atoms with Gasteiger partial charge in [-0.15, -0.1) is 0 Å². The van der Waals surface area contributed by atoms with Gasteiger partial charge in [0.05, 0.1) is 4.47 Å². The summed E-state index contributed by atoms with van der Waals surface area (Å²) in [5.41, 5.74) is 3.11. The van der Waals surface area contributed by atoms with Gasteiger partial charge in [0.1, 0.15) is 11.8 Å². The minimum atomic E-state index is -0.669. The number of nitrogens with zero attached hydrogens (tertiary/aromatic N) is 1. The Balaban J connectivity index is 1.87. The van der Waals surface area contributed by atoms with E-state index in [1.165, 1.54) is 5.56 Å². The highest BCUT2D eigenvalue weighted by atomic mass is 79.9. The van der Waals surface area contributed by atoms with Gasteiger partial charge >= 0.3 is 0 Å². The molecule has 37 heavy (non-hydrogen) atoms. The van der Waals surface area contributed by atoms with Gasteiger partial charge < -0.3 is 15.0 Å². The first-order valence-electron chi connectivity index (χ1n) is 12.8. The molecule has 1 atom stereocenters. The average molecular weight is 566 g/mol. The van der Waals surface area contributed by atoms with Crippen LogP contribution in [0.2, 0.25) is 0 Å². The van der Waals surface area contributed by atoms with E-state index in [1.54, 1.807) is 4.90 Å². The molecule has 5 nitrogen and oxygen atoms in total. The third kappa shape index (κ3) is 8.46. The number of amides is 2. The second kappa shape index (κ2) is 13.4. The van der Waals surface area contributed by atoms with Gasteiger partial charge in [-0.05, 0) is 56.6 Å². The van der Waals surface area contributed by atoms with Gasteiger partial charge in [-0.25, -0.2) is 0 Å². The van der Waals surface area contributed by atoms with Gasteiger partial charge in [-0.2, -0.15) is 0 Å². The van der Waals surface area contributed by atoms with Crippen molar-refractivity contribution in [1.29, 1.82) is 0 Å². The molecule has 6 heteroatoms. The number of carbonyl (C=O) groups excluding carboxylic acids is 2. The minimum absolute atomic E-state index is 0.000136. The van der Waals surface area contributed by atoms with Crippen LogP contribution in [0.5, 0.6) is 5.75 Å². The molecular formula is C31H37BrN2O3. The summed E-state index contributed by atoms with van der Waals surface area (Å²) in [6, 6.07) is 24.8. The monoisotopic (exact) mass is 564 g/mol. The molecule has 0 heterocycles. The molecule has 3 aromatic rings. The van der Waals surface area contributed by atoms with Crippen molar-refractivity contribution in [3.05, 3.63) is 100 Å². The van der Waals surface area contributed by atoms with E-state index in [-0.39, 0.29) is 23.8 Å². The Morgan fingerprint density at radius 1 is 0.946 bits per heavy atom. The van der Waals surface area contributed by atoms with Crippen LogP contribution in [-0.2, 0) is 28.0 Å². The third-order valence-electron chi connectivity index (χ3n) is 6.17. The number of benzene rings is 3. The summed E-state index contributed by atoms with van der Waals surface area (Å²) in [7, 11) is 0. The van der Waals surface area contributed by atoms with Crippen molar-refractivity contribution >= 4 is 27.7 Å². The number of hydrogen-bond donors (Lipinski definition) is 1. The van der Waals surface area contributed by atoms with Crippen molar-refractivity contribution < 1.29 is 14.3 Å². The lowest BCUT2D eigenvalue weighted by atomic mass is 9.87. The first-order valence-corrected chi connectivity index (χ1v) is 13.6. The Labute approximate surface area is 229 Å². The van der Waals surface area contributed by atoms with Gasteiger partial charge in [0.15, 0.2) is 6.61 Å². The van der Waals surface area contributed by atoms with Crippen LogP contribution < -0.4 is 10.1 Å². The molecule has 0 unspecified atom stereocenters. The van der Waals surface area contributed by atoms with Gasteiger partial charge in [0.25, 0.3) is 5.91 Å². The summed E-state index contributed by atoms with van der Waals surface area (Å²) < 4.78 is 6.77. The summed E-state index contributed by atoms with van der Waals surface area (Å²) in [4.78, 5) is 28.7. The molecule has 196 valence electrons. The number of halogens is 1. The zero-order valence-corrected chi connectivity index (χ0v) is 23.8. The van der Waals surface area contributed by atoms with Crippen LogP contribution in [0.15, 0.2) is 83.3 Å². The first-order chi connectivity index (χ1) is 17.7. The van der Waals surface area contributed by atoms with E-state index < -0.39 is 6.04 Å². The minimum Gasteiger partial charge on any atom is -0.483 e. The number of rotatable bonds is 11. The standard InChI is InChI=1S/C31H37BrN2O3/c1-5-18-33-30(36)27(19-23-12-8-6-9-13-23)34(21-24-14-10-7-11-15-24)29(35)22-37-28-17-16-25(20-26(28)32)31(2,3)4/h6-17,20,27H,5,18-19,21-22H2,1-4H3,(H,33,36)/t27-/m1/s1. The van der Waals surface area contributed by atoms with Gasteiger partial charge in [-0.1, -0.05) is 94.4 Å². The number of nitrogens with one attached hydrogen (secondary N) is 1. The van der Waals surface area contributed by atoms with Crippen molar-refractivity contribution in [2.24, 2.45) is 0 Å². The number of ether oxygens (including phenoxy) is 1. The van der Waals surface area contributed by atoms with Crippen LogP contribution in [0.1, 0.15) is 50.8 Å². The van der Waals surface area contributed by atoms with Crippen molar-refractivity contribution in [2.45, 2.75) is 58.5 Å². The summed E-state index contributed by atoms with van der Waals surface area (Å²) in [5.74, 6) is 0.185. The molecule has 0 saturated heterocycles. The highest BCUT2D eigenvalue weighted by molar-refractivity contribution is 9.10. The highest BCUT2D eigenvalue weighted by Gasteiger charge is 2.30. The van der Waals surface area contributed by atoms with Crippen LogP contribution in [0.4, 0.5) is 0 Å². The topological polar surface area (TPSA) is 58.6 Å². The Morgan fingerprint density at radius 2 is 1.57 bits per heavy atom. The molecule has 2 amide bonds. The molecule has 0 saturated carbocycles. The normalized spacial score (nSPS) is 12.0. The van der Waals surface area contributed by atoms with Crippen LogP contribution >= 0.6 is 15.9 Å². The predicted octanol–water partition coefficient (Wildman–Crippen LogP) is 6.29. The Bertz CT molecular complexity index is 1160. The van der Waals surface area contributed by atoms with Crippen LogP contribution in [0.3, 0.4) is 0 Å². The van der Waals surface area contributed by atoms with E-state index in [0.717, 1.165) is 22.0 Å². The Morgan fingerprint density at radius 3 is 2.14 bits per heavy atom. The second-order valence-electron chi connectivity index (χ2n) is 10.2. The summed E-state index contributed by atoms with van der Waals surface area (Å²) in [6.45, 7) is 9.15. The van der Waals surface area contributed by atoms with E-state index in [4.69, 9.17) is 4.74 Å². The number of hydrogen-bond acceptors (Lipinski definition) is 3. The van der Waals surface area contributed by atoms with Crippen LogP contribution in [0.25, 0.3) is 0 Å². The fourth-order valence-corrected chi connectivity index (χ4v) is 4.50. The fraction of sp³-hybridized carbons (Fsp3) is 0.355. The molecule has 0 radical (unpaired) electrons. The van der Waals surface area contributed by atoms with Crippen LogP contribution in [0, 0.1) is 0 Å². The van der Waals surface area contributed by atoms with E-state index in [2.05, 4.69) is 42.0 Å². The molecule has 3 aromatic carbocycles. The quantitative estimate of drug-likeness (QED) is 0.297. The second-order valence-corrected chi connectivity index (χ2v) is 11.0. The zero-order valence-electron chi connectivity index (χ0n) is 22.2. The van der Waals surface area contributed by atoms with Gasteiger partial charge in [0, 0.05) is 19.5 Å². The number of carbonyl (C=O) groups is 2. The Kier molecular flexibility index (Phi) is 10.3. The third-order valence-corrected chi connectivity index (χ3v) is 6.78. The molecule has 0 aliphatic carbocycles. The van der Waals surface area contributed by atoms with E-state index in [9.17, 15) is 9.59 Å². The van der Waals surface area contributed by atoms with Crippen molar-refractivity contribution in [3.63, 3.8) is 0 Å². The lowest BCUT2D eigenvalue weighted by Gasteiger charge is -2.31. The average Bonchev–Trinajstić information content (AvgIpc) is 2.89. The predicted molar refractivity (Wildman–Crippen MR) is 153 cm³/mol. The van der Waals surface area contributed by atoms with Crippen molar-refractivity contribution in [3.8, 4) is 5.75 Å². The summed E-state index contributed by atoms with van der Waals surface area (Å²) in [6.07, 6.45) is 1.23. The maximum Gasteiger partial charge on any atom is 0.261 e. The van der Waals surface area contributed by atoms with E-state index in [1.807, 2.05) is 85.8 Å². The lowest BCUT2D eigenvalue weighted by Crippen LogP contribution is -2.51. The summed E-state index contributed by atoms with van der Waals surface area (Å²) >= 11 is 3.59. The highest BCUT2D eigenvalue weighted by Crippen LogP contribution is 2.31. The Hall–Kier alpha value is -3.12. The largest absolute Gasteiger partial charge is 0.483 e. The summed E-state index contributed by atoms with van der Waals surface area (Å²) in [5, 5.41) is 3.00. The van der Waals surface area contributed by atoms with Gasteiger partial charge in [-0.3, -0.25) is 9.59 Å². The smallest absolute Gasteiger partial charge is 0.261 e. The molecule has 0 fully saturated rings. The lowest BCUT2D eigenvalue weighted by molar-refractivity contribution is -0.142. The van der Waals surface area contributed by atoms with Crippen molar-refractivity contribution in [2.75, 3.05) is 13.2 Å². The first kappa shape index (κ1) is 28.5. The SMILES string of the molecule is CCCNC(=O)[C@@H](Cc1ccccc1)N(Cc1ccccc1)C(=O)COc1ccc(C(C)(C)C)cc1Br. The molecule has 0 aliphatic heterocycles. The van der Waals surface area contributed by atoms with E-state index in [0.29, 0.717) is 25.3 Å². The van der Waals surface area contributed by atoms with Crippen LogP contribution in [-0.4, -0.2) is 35.9 Å². The molecule has 0 aromatic heterocycles.